The number of hydrogen-bond acceptors (Lipinski definition) is 8. The molecule has 9 heteroatoms. The van der Waals surface area contributed by atoms with E-state index in [2.05, 4.69) is 4.90 Å². The number of benzene rings is 1. The fourth-order valence-corrected chi connectivity index (χ4v) is 5.04. The van der Waals surface area contributed by atoms with E-state index >= 15 is 0 Å². The Hall–Kier alpha value is -1.91. The summed E-state index contributed by atoms with van der Waals surface area (Å²) in [5.74, 6) is 1.66. The number of carbonyl (C=O) groups is 1. The Morgan fingerprint density at radius 3 is 2.78 bits per heavy atom. The van der Waals surface area contributed by atoms with Crippen LogP contribution in [-0.4, -0.2) is 98.0 Å². The molecule has 1 aromatic rings. The number of rotatable bonds is 4. The summed E-state index contributed by atoms with van der Waals surface area (Å²) in [5, 5.41) is 10.4. The summed E-state index contributed by atoms with van der Waals surface area (Å²) >= 11 is 0. The molecule has 0 spiro atoms. The second-order valence-corrected chi connectivity index (χ2v) is 8.95. The number of β-amino-alcohol motifs (C(OH)–C–C–N with tert-alkyl or cyclic N) is 1. The first kappa shape index (κ1) is 21.9. The van der Waals surface area contributed by atoms with Gasteiger partial charge in [0.25, 0.3) is 0 Å². The lowest BCUT2D eigenvalue weighted by Gasteiger charge is -2.44. The minimum absolute atomic E-state index is 0.105. The Kier molecular flexibility index (Phi) is 6.80. The van der Waals surface area contributed by atoms with Crippen LogP contribution in [0.4, 0.5) is 0 Å². The molecule has 32 heavy (non-hydrogen) atoms. The lowest BCUT2D eigenvalue weighted by molar-refractivity contribution is -0.162. The van der Waals surface area contributed by atoms with Crippen LogP contribution in [-0.2, 0) is 25.5 Å². The predicted octanol–water partition coefficient (Wildman–Crippen LogP) is 0.774. The van der Waals surface area contributed by atoms with Crippen LogP contribution in [0, 0.1) is 0 Å². The highest BCUT2D eigenvalue weighted by Gasteiger charge is 2.38. The van der Waals surface area contributed by atoms with Gasteiger partial charge in [-0.25, -0.2) is 0 Å². The molecule has 3 saturated heterocycles. The molecule has 0 bridgehead atoms. The van der Waals surface area contributed by atoms with Crippen LogP contribution in [0.5, 0.6) is 11.5 Å². The molecular weight excluding hydrogens is 416 g/mol. The highest BCUT2D eigenvalue weighted by Crippen LogP contribution is 2.34. The van der Waals surface area contributed by atoms with Crippen molar-refractivity contribution >= 4 is 5.91 Å². The number of fused-ring (bicyclic) bond motifs is 2. The predicted molar refractivity (Wildman–Crippen MR) is 113 cm³/mol. The monoisotopic (exact) mass is 448 g/mol. The van der Waals surface area contributed by atoms with E-state index in [1.807, 2.05) is 23.1 Å². The molecular formula is C23H32N2O7. The van der Waals surface area contributed by atoms with Crippen molar-refractivity contribution in [2.45, 2.75) is 50.2 Å². The van der Waals surface area contributed by atoms with E-state index < -0.39 is 6.10 Å². The highest BCUT2D eigenvalue weighted by atomic mass is 16.7. The molecule has 4 aliphatic rings. The molecule has 0 saturated carbocycles. The van der Waals surface area contributed by atoms with Crippen molar-refractivity contribution in [3.05, 3.63) is 23.8 Å². The Labute approximate surface area is 188 Å². The summed E-state index contributed by atoms with van der Waals surface area (Å²) in [4.78, 5) is 16.8. The van der Waals surface area contributed by atoms with Crippen LogP contribution in [0.3, 0.4) is 0 Å². The minimum Gasteiger partial charge on any atom is -0.454 e. The van der Waals surface area contributed by atoms with Gasteiger partial charge in [0, 0.05) is 32.2 Å². The molecule has 1 N–H and O–H groups in total. The zero-order valence-electron chi connectivity index (χ0n) is 18.3. The van der Waals surface area contributed by atoms with Gasteiger partial charge in [0.1, 0.15) is 0 Å². The van der Waals surface area contributed by atoms with Gasteiger partial charge in [0.15, 0.2) is 11.5 Å². The first-order valence-corrected chi connectivity index (χ1v) is 11.5. The van der Waals surface area contributed by atoms with Gasteiger partial charge in [-0.3, -0.25) is 9.69 Å². The molecule has 1 amide bonds. The third kappa shape index (κ3) is 5.02. The van der Waals surface area contributed by atoms with Crippen LogP contribution in [0.2, 0.25) is 0 Å². The van der Waals surface area contributed by atoms with Gasteiger partial charge in [0.05, 0.1) is 51.2 Å². The molecule has 0 radical (unpaired) electrons. The highest BCUT2D eigenvalue weighted by molar-refractivity contribution is 5.76. The van der Waals surface area contributed by atoms with Crippen LogP contribution < -0.4 is 9.47 Å². The number of aliphatic hydroxyl groups is 1. The molecule has 176 valence electrons. The van der Waals surface area contributed by atoms with Gasteiger partial charge in [-0.2, -0.15) is 0 Å². The van der Waals surface area contributed by atoms with Crippen LogP contribution in [0.1, 0.15) is 24.8 Å². The summed E-state index contributed by atoms with van der Waals surface area (Å²) in [6.45, 7) is 4.65. The second kappa shape index (κ2) is 9.93. The average molecular weight is 449 g/mol. The fraction of sp³-hybridized carbons (Fsp3) is 0.696. The molecule has 4 atom stereocenters. The van der Waals surface area contributed by atoms with Gasteiger partial charge < -0.3 is 33.7 Å². The first-order chi connectivity index (χ1) is 15.7. The van der Waals surface area contributed by atoms with Gasteiger partial charge in [-0.15, -0.1) is 0 Å². The van der Waals surface area contributed by atoms with Gasteiger partial charge in [-0.1, -0.05) is 6.07 Å². The largest absolute Gasteiger partial charge is 0.454 e. The topological polar surface area (TPSA) is 89.9 Å². The van der Waals surface area contributed by atoms with Crippen LogP contribution in [0.25, 0.3) is 0 Å². The number of morpholine rings is 1. The molecule has 3 fully saturated rings. The quantitative estimate of drug-likeness (QED) is 0.723. The summed E-state index contributed by atoms with van der Waals surface area (Å²) in [6, 6.07) is 6.10. The van der Waals surface area contributed by atoms with E-state index in [0.717, 1.165) is 29.9 Å². The number of carbonyl (C=O) groups excluding carboxylic acids is 1. The van der Waals surface area contributed by atoms with E-state index in [1.165, 1.54) is 0 Å². The molecule has 1 aromatic carbocycles. The van der Waals surface area contributed by atoms with Crippen molar-refractivity contribution in [2.24, 2.45) is 0 Å². The summed E-state index contributed by atoms with van der Waals surface area (Å²) in [5.41, 5.74) is 1.10. The molecule has 5 rings (SSSR count). The molecule has 4 heterocycles. The van der Waals surface area contributed by atoms with E-state index in [4.69, 9.17) is 23.7 Å². The second-order valence-electron chi connectivity index (χ2n) is 8.95. The third-order valence-electron chi connectivity index (χ3n) is 6.68. The van der Waals surface area contributed by atoms with Crippen molar-refractivity contribution in [3.8, 4) is 11.5 Å². The van der Waals surface area contributed by atoms with Crippen molar-refractivity contribution in [1.82, 2.24) is 9.80 Å². The van der Waals surface area contributed by atoms with Crippen molar-refractivity contribution in [1.29, 1.82) is 0 Å². The zero-order chi connectivity index (χ0) is 21.9. The molecule has 0 unspecified atom stereocenters. The van der Waals surface area contributed by atoms with Gasteiger partial charge in [0.2, 0.25) is 12.7 Å². The number of aliphatic hydroxyl groups excluding tert-OH is 1. The number of nitrogens with zero attached hydrogens (tertiary/aromatic N) is 2. The standard InChI is InChI=1S/C23H32N2O7/c26-17-12-25(11-16-1-4-20-21(9-16)31-15-30-20)19-3-2-18(32-22(19)14-29-13-17)10-23(27)24-5-7-28-8-6-24/h1,4,9,17-19,22,26H,2-3,5-8,10-15H2/t17-,18+,19-,22+/m0/s1. The number of hydrogen-bond donors (Lipinski definition) is 1. The zero-order valence-corrected chi connectivity index (χ0v) is 18.3. The lowest BCUT2D eigenvalue weighted by Crippen LogP contribution is -2.55. The Morgan fingerprint density at radius 1 is 1.06 bits per heavy atom. The van der Waals surface area contributed by atoms with Crippen molar-refractivity contribution in [3.63, 3.8) is 0 Å². The minimum atomic E-state index is -0.550. The summed E-state index contributed by atoms with van der Waals surface area (Å²) in [7, 11) is 0. The van der Waals surface area contributed by atoms with Crippen molar-refractivity contribution < 1.29 is 33.6 Å². The first-order valence-electron chi connectivity index (χ1n) is 11.5. The van der Waals surface area contributed by atoms with Crippen LogP contribution in [0.15, 0.2) is 18.2 Å². The number of amides is 1. The van der Waals surface area contributed by atoms with Crippen LogP contribution >= 0.6 is 0 Å². The van der Waals surface area contributed by atoms with E-state index in [9.17, 15) is 9.90 Å². The van der Waals surface area contributed by atoms with E-state index in [0.29, 0.717) is 52.4 Å². The molecule has 9 nitrogen and oxygen atoms in total. The summed E-state index contributed by atoms with van der Waals surface area (Å²) in [6.07, 6.45) is 1.32. The lowest BCUT2D eigenvalue weighted by atomic mass is 9.94. The molecule has 0 aliphatic carbocycles. The van der Waals surface area contributed by atoms with Crippen molar-refractivity contribution in [2.75, 3.05) is 52.9 Å². The number of ether oxygens (including phenoxy) is 5. The Morgan fingerprint density at radius 2 is 1.91 bits per heavy atom. The third-order valence-corrected chi connectivity index (χ3v) is 6.68. The SMILES string of the molecule is O=C(C[C@H]1CC[C@H]2[C@@H](COC[C@@H](O)CN2Cc2ccc3c(c2)OCO3)O1)N1CCOCC1. The molecule has 4 aliphatic heterocycles. The maximum Gasteiger partial charge on any atom is 0.231 e. The van der Waals surface area contributed by atoms with E-state index in [1.54, 1.807) is 0 Å². The van der Waals surface area contributed by atoms with Gasteiger partial charge >= 0.3 is 0 Å². The fourth-order valence-electron chi connectivity index (χ4n) is 5.04. The maximum absolute atomic E-state index is 12.7. The average Bonchev–Trinajstić information content (AvgIpc) is 3.26. The Balaban J connectivity index is 1.24. The smallest absolute Gasteiger partial charge is 0.231 e. The van der Waals surface area contributed by atoms with E-state index in [-0.39, 0.29) is 37.6 Å². The van der Waals surface area contributed by atoms with Gasteiger partial charge in [-0.05, 0) is 30.5 Å². The Bertz CT molecular complexity index is 801. The maximum atomic E-state index is 12.7. The summed E-state index contributed by atoms with van der Waals surface area (Å²) < 4.78 is 28.4. The molecule has 0 aromatic heterocycles. The normalized spacial score (nSPS) is 31.0.